The highest BCUT2D eigenvalue weighted by Crippen LogP contribution is 2.31. The quantitative estimate of drug-likeness (QED) is 0.265. The van der Waals surface area contributed by atoms with E-state index in [1.165, 1.54) is 52.1 Å². The molecule has 3 aromatic carbocycles. The first-order valence-electron chi connectivity index (χ1n) is 16.6. The first-order valence-corrected chi connectivity index (χ1v) is 18.0. The first kappa shape index (κ1) is 35.4. The van der Waals surface area contributed by atoms with E-state index in [4.69, 9.17) is 10.2 Å². The number of rotatable bonds is 8. The summed E-state index contributed by atoms with van der Waals surface area (Å²) in [7, 11) is -3.77. The Kier molecular flexibility index (Phi) is 10.9. The van der Waals surface area contributed by atoms with Crippen LogP contribution in [0.3, 0.4) is 0 Å². The van der Waals surface area contributed by atoms with Crippen molar-refractivity contribution in [2.75, 3.05) is 39.7 Å². The van der Waals surface area contributed by atoms with Crippen molar-refractivity contribution in [1.82, 2.24) is 4.90 Å². The van der Waals surface area contributed by atoms with Gasteiger partial charge in [0.25, 0.3) is 5.91 Å². The SMILES string of the molecule is CC(C)c1ccc(N2CCCN(c3cccc(C(=O)O)c3)S2(=O)=O)cc1.O=C(O)c1cccc(N2C(=O)CN(CC3CCCCC3)C2=O)c1. The predicted octanol–water partition coefficient (Wildman–Crippen LogP) is 6.20. The summed E-state index contributed by atoms with van der Waals surface area (Å²) in [5.74, 6) is -1.62. The maximum absolute atomic E-state index is 13.1. The fourth-order valence-electron chi connectivity index (χ4n) is 6.46. The minimum atomic E-state index is -3.77. The molecule has 3 fully saturated rings. The minimum Gasteiger partial charge on any atom is -0.478 e. The van der Waals surface area contributed by atoms with Crippen molar-refractivity contribution in [1.29, 1.82) is 0 Å². The summed E-state index contributed by atoms with van der Waals surface area (Å²) in [5.41, 5.74) is 2.59. The smallest absolute Gasteiger partial charge is 0.335 e. The summed E-state index contributed by atoms with van der Waals surface area (Å²) >= 11 is 0. The topological polar surface area (TPSA) is 156 Å². The molecule has 2 aliphatic heterocycles. The van der Waals surface area contributed by atoms with Crippen LogP contribution < -0.4 is 13.5 Å². The van der Waals surface area contributed by atoms with E-state index >= 15 is 0 Å². The van der Waals surface area contributed by atoms with Crippen LogP contribution in [0.5, 0.6) is 0 Å². The van der Waals surface area contributed by atoms with Crippen LogP contribution in [0, 0.1) is 5.92 Å². The van der Waals surface area contributed by atoms with Gasteiger partial charge in [-0.05, 0) is 85.2 Å². The lowest BCUT2D eigenvalue weighted by atomic mass is 9.89. The highest BCUT2D eigenvalue weighted by Gasteiger charge is 2.38. The van der Waals surface area contributed by atoms with E-state index in [0.29, 0.717) is 55.0 Å². The van der Waals surface area contributed by atoms with E-state index in [0.717, 1.165) is 23.3 Å². The monoisotopic (exact) mass is 690 g/mol. The van der Waals surface area contributed by atoms with E-state index in [1.807, 2.05) is 24.3 Å². The zero-order chi connectivity index (χ0) is 35.3. The molecule has 2 N–H and O–H groups in total. The normalized spacial score (nSPS) is 18.0. The Morgan fingerprint density at radius 2 is 1.31 bits per heavy atom. The number of carboxylic acids is 2. The van der Waals surface area contributed by atoms with Crippen LogP contribution in [-0.2, 0) is 15.0 Å². The highest BCUT2D eigenvalue weighted by molar-refractivity contribution is 7.94. The van der Waals surface area contributed by atoms with Crippen molar-refractivity contribution in [3.05, 3.63) is 89.5 Å². The number of hydrogen-bond acceptors (Lipinski definition) is 6. The van der Waals surface area contributed by atoms with E-state index in [9.17, 15) is 27.6 Å². The summed E-state index contributed by atoms with van der Waals surface area (Å²) in [4.78, 5) is 49.7. The molecular formula is C36H42N4O8S. The molecule has 13 heteroatoms. The summed E-state index contributed by atoms with van der Waals surface area (Å²) in [6.45, 7) is 5.59. The molecule has 3 aliphatic rings. The van der Waals surface area contributed by atoms with Crippen LogP contribution in [0.4, 0.5) is 21.9 Å². The van der Waals surface area contributed by atoms with Gasteiger partial charge in [0.2, 0.25) is 0 Å². The van der Waals surface area contributed by atoms with Gasteiger partial charge in [0.15, 0.2) is 0 Å². The van der Waals surface area contributed by atoms with Gasteiger partial charge in [0.05, 0.1) is 28.2 Å². The third-order valence-electron chi connectivity index (χ3n) is 9.10. The van der Waals surface area contributed by atoms with Gasteiger partial charge in [-0.3, -0.25) is 13.4 Å². The fourth-order valence-corrected chi connectivity index (χ4v) is 8.18. The standard InChI is InChI=1S/C19H22N2O4S.C17H20N2O4/c1-14(2)15-7-9-17(10-8-15)20-11-4-12-21(26(20,24)25)18-6-3-5-16(13-18)19(22)23;20-15-11-18(10-12-5-2-1-3-6-12)17(23)19(15)14-8-4-7-13(9-14)16(21)22/h3,5-10,13-14H,4,11-12H2,1-2H3,(H,22,23);4,7-9,12H,1-3,5-6,10-11H2,(H,21,22). The molecule has 6 rings (SSSR count). The van der Waals surface area contributed by atoms with E-state index in [2.05, 4.69) is 13.8 Å². The molecule has 3 amide bonds. The zero-order valence-corrected chi connectivity index (χ0v) is 28.5. The number of aromatic carboxylic acids is 2. The van der Waals surface area contributed by atoms with Crippen LogP contribution in [-0.4, -0.2) is 73.6 Å². The Hall–Kier alpha value is -4.91. The number of amides is 3. The number of urea groups is 1. The molecule has 0 atom stereocenters. The number of carbonyl (C=O) groups excluding carboxylic acids is 2. The molecule has 260 valence electrons. The van der Waals surface area contributed by atoms with Crippen molar-refractivity contribution in [3.63, 3.8) is 0 Å². The number of anilines is 3. The molecule has 2 saturated heterocycles. The minimum absolute atomic E-state index is 0.0637. The molecule has 49 heavy (non-hydrogen) atoms. The third-order valence-corrected chi connectivity index (χ3v) is 11.0. The molecule has 0 radical (unpaired) electrons. The second kappa shape index (κ2) is 15.1. The molecule has 0 spiro atoms. The molecule has 0 aromatic heterocycles. The number of carbonyl (C=O) groups is 4. The number of imide groups is 1. The lowest BCUT2D eigenvalue weighted by Gasteiger charge is -2.37. The molecule has 2 heterocycles. The highest BCUT2D eigenvalue weighted by atomic mass is 32.2. The van der Waals surface area contributed by atoms with E-state index in [1.54, 1.807) is 29.2 Å². The molecular weight excluding hydrogens is 648 g/mol. The summed E-state index contributed by atoms with van der Waals surface area (Å²) in [5, 5.41) is 18.2. The third kappa shape index (κ3) is 8.05. The van der Waals surface area contributed by atoms with Gasteiger partial charge in [0.1, 0.15) is 6.54 Å². The van der Waals surface area contributed by atoms with Crippen molar-refractivity contribution >= 4 is 51.1 Å². The van der Waals surface area contributed by atoms with Crippen molar-refractivity contribution in [3.8, 4) is 0 Å². The van der Waals surface area contributed by atoms with Gasteiger partial charge >= 0.3 is 28.2 Å². The van der Waals surface area contributed by atoms with Crippen LogP contribution in [0.25, 0.3) is 0 Å². The summed E-state index contributed by atoms with van der Waals surface area (Å²) in [6, 6.07) is 19.2. The Morgan fingerprint density at radius 3 is 1.88 bits per heavy atom. The van der Waals surface area contributed by atoms with Gasteiger partial charge in [-0.15, -0.1) is 0 Å². The van der Waals surface area contributed by atoms with Gasteiger partial charge in [-0.2, -0.15) is 8.42 Å². The second-order valence-corrected chi connectivity index (χ2v) is 14.6. The van der Waals surface area contributed by atoms with Crippen molar-refractivity contribution < 1.29 is 37.8 Å². The Balaban J connectivity index is 0.000000192. The molecule has 3 aromatic rings. The lowest BCUT2D eigenvalue weighted by Crippen LogP contribution is -2.50. The maximum atomic E-state index is 13.1. The summed E-state index contributed by atoms with van der Waals surface area (Å²) < 4.78 is 28.9. The molecule has 1 aliphatic carbocycles. The molecule has 12 nitrogen and oxygen atoms in total. The number of nitrogens with zero attached hydrogens (tertiary/aromatic N) is 4. The Labute approximate surface area is 286 Å². The van der Waals surface area contributed by atoms with Crippen molar-refractivity contribution in [2.24, 2.45) is 5.92 Å². The largest absolute Gasteiger partial charge is 0.478 e. The first-order chi connectivity index (χ1) is 23.4. The number of hydrogen-bond donors (Lipinski definition) is 2. The zero-order valence-electron chi connectivity index (χ0n) is 27.7. The van der Waals surface area contributed by atoms with Crippen LogP contribution >= 0.6 is 0 Å². The van der Waals surface area contributed by atoms with Crippen LogP contribution in [0.15, 0.2) is 72.8 Å². The lowest BCUT2D eigenvalue weighted by molar-refractivity contribution is -0.116. The van der Waals surface area contributed by atoms with Gasteiger partial charge < -0.3 is 15.1 Å². The second-order valence-electron chi connectivity index (χ2n) is 12.9. The Morgan fingerprint density at radius 1 is 0.755 bits per heavy atom. The van der Waals surface area contributed by atoms with Gasteiger partial charge in [-0.1, -0.05) is 57.4 Å². The van der Waals surface area contributed by atoms with Crippen molar-refractivity contribution in [2.45, 2.75) is 58.3 Å². The molecule has 1 saturated carbocycles. The van der Waals surface area contributed by atoms with Crippen LogP contribution in [0.2, 0.25) is 0 Å². The van der Waals surface area contributed by atoms with Crippen LogP contribution in [0.1, 0.15) is 84.6 Å². The van der Waals surface area contributed by atoms with Gasteiger partial charge in [-0.25, -0.2) is 19.3 Å². The van der Waals surface area contributed by atoms with Gasteiger partial charge in [0, 0.05) is 19.6 Å². The van der Waals surface area contributed by atoms with E-state index < -0.39 is 22.1 Å². The predicted molar refractivity (Wildman–Crippen MR) is 187 cm³/mol. The maximum Gasteiger partial charge on any atom is 0.335 e. The number of benzene rings is 3. The summed E-state index contributed by atoms with van der Waals surface area (Å²) in [6.07, 6.45) is 6.48. The molecule has 0 unspecified atom stereocenters. The van der Waals surface area contributed by atoms with E-state index in [-0.39, 0.29) is 29.6 Å². The number of carboxylic acid groups (broad SMARTS) is 2. The molecule has 0 bridgehead atoms. The Bertz CT molecular complexity index is 1810. The average Bonchev–Trinajstić information content (AvgIpc) is 3.36. The fraction of sp³-hybridized carbons (Fsp3) is 0.389. The average molecular weight is 691 g/mol.